The molecule has 0 saturated carbocycles. The Morgan fingerprint density at radius 3 is 2.18 bits per heavy atom. The molecule has 0 saturated heterocycles. The van der Waals surface area contributed by atoms with Crippen LogP contribution >= 0.6 is 0 Å². The molecule has 0 aliphatic heterocycles. The Kier molecular flexibility index (Phi) is 4.36. The lowest BCUT2D eigenvalue weighted by molar-refractivity contribution is -0.384. The normalized spacial score (nSPS) is 11.2. The standard InChI is InChI=1S/C15H15N3O4/c1-9(2)14-13(19)8-7-12(15(14)20)17-16-10-3-5-11(6-4-10)18(21)22/h3-9,19-20H,1-2H3/p-2. The van der Waals surface area contributed by atoms with Gasteiger partial charge in [0.05, 0.1) is 16.3 Å². The Hall–Kier alpha value is -2.96. The molecule has 0 amide bonds. The summed E-state index contributed by atoms with van der Waals surface area (Å²) >= 11 is 0. The van der Waals surface area contributed by atoms with E-state index in [1.54, 1.807) is 13.8 Å². The zero-order valence-corrected chi connectivity index (χ0v) is 12.0. The second-order valence-corrected chi connectivity index (χ2v) is 4.95. The van der Waals surface area contributed by atoms with Crippen molar-refractivity contribution in [1.82, 2.24) is 0 Å². The Morgan fingerprint density at radius 2 is 1.64 bits per heavy atom. The van der Waals surface area contributed by atoms with Gasteiger partial charge in [0.2, 0.25) is 0 Å². The molecule has 7 heteroatoms. The first-order valence-electron chi connectivity index (χ1n) is 6.57. The van der Waals surface area contributed by atoms with Crippen molar-refractivity contribution < 1.29 is 15.1 Å². The molecular weight excluding hydrogens is 286 g/mol. The van der Waals surface area contributed by atoms with Gasteiger partial charge in [0.1, 0.15) is 0 Å². The lowest BCUT2D eigenvalue weighted by Gasteiger charge is -2.25. The molecule has 2 rings (SSSR count). The van der Waals surface area contributed by atoms with E-state index in [0.29, 0.717) is 5.69 Å². The van der Waals surface area contributed by atoms with Gasteiger partial charge in [0.25, 0.3) is 5.69 Å². The number of non-ortho nitro benzene ring substituents is 1. The van der Waals surface area contributed by atoms with Crippen molar-refractivity contribution in [3.05, 3.63) is 52.1 Å². The summed E-state index contributed by atoms with van der Waals surface area (Å²) in [7, 11) is 0. The van der Waals surface area contributed by atoms with Gasteiger partial charge in [-0.2, -0.15) is 10.2 Å². The summed E-state index contributed by atoms with van der Waals surface area (Å²) in [4.78, 5) is 10.0. The predicted molar refractivity (Wildman–Crippen MR) is 76.7 cm³/mol. The number of hydrogen-bond acceptors (Lipinski definition) is 6. The molecule has 0 N–H and O–H groups in total. The summed E-state index contributed by atoms with van der Waals surface area (Å²) in [5.74, 6) is -0.947. The molecule has 0 unspecified atom stereocenters. The molecule has 7 nitrogen and oxygen atoms in total. The zero-order valence-electron chi connectivity index (χ0n) is 12.0. The highest BCUT2D eigenvalue weighted by atomic mass is 16.6. The molecule has 0 heterocycles. The summed E-state index contributed by atoms with van der Waals surface area (Å²) < 4.78 is 0. The number of rotatable bonds is 4. The fourth-order valence-corrected chi connectivity index (χ4v) is 1.95. The highest BCUT2D eigenvalue weighted by Crippen LogP contribution is 2.38. The molecule has 0 aromatic heterocycles. The van der Waals surface area contributed by atoms with E-state index in [2.05, 4.69) is 10.2 Å². The van der Waals surface area contributed by atoms with Crippen LogP contribution in [0.1, 0.15) is 25.3 Å². The zero-order chi connectivity index (χ0) is 16.3. The monoisotopic (exact) mass is 299 g/mol. The van der Waals surface area contributed by atoms with Crippen molar-refractivity contribution in [3.8, 4) is 11.5 Å². The molecule has 0 aliphatic rings. The van der Waals surface area contributed by atoms with Gasteiger partial charge in [-0.25, -0.2) is 0 Å². The number of nitrogens with zero attached hydrogens (tertiary/aromatic N) is 3. The fraction of sp³-hybridized carbons (Fsp3) is 0.200. The Bertz CT molecular complexity index is 724. The van der Waals surface area contributed by atoms with E-state index in [4.69, 9.17) is 0 Å². The van der Waals surface area contributed by atoms with Crippen molar-refractivity contribution in [2.75, 3.05) is 0 Å². The van der Waals surface area contributed by atoms with Gasteiger partial charge in [-0.15, -0.1) is 5.75 Å². The third kappa shape index (κ3) is 3.20. The molecule has 0 spiro atoms. The van der Waals surface area contributed by atoms with E-state index < -0.39 is 10.7 Å². The van der Waals surface area contributed by atoms with Gasteiger partial charge < -0.3 is 10.2 Å². The number of benzene rings is 2. The summed E-state index contributed by atoms with van der Waals surface area (Å²) in [6.07, 6.45) is 0. The minimum absolute atomic E-state index is 0.0544. The lowest BCUT2D eigenvalue weighted by Crippen LogP contribution is -2.04. The van der Waals surface area contributed by atoms with Crippen LogP contribution in [0, 0.1) is 10.1 Å². The average molecular weight is 299 g/mol. The molecule has 0 atom stereocenters. The molecule has 114 valence electrons. The maximum absolute atomic E-state index is 12.2. The van der Waals surface area contributed by atoms with E-state index in [1.807, 2.05) is 0 Å². The van der Waals surface area contributed by atoms with Gasteiger partial charge in [-0.1, -0.05) is 31.2 Å². The van der Waals surface area contributed by atoms with E-state index in [0.717, 1.165) is 0 Å². The van der Waals surface area contributed by atoms with Crippen LogP contribution in [-0.4, -0.2) is 4.92 Å². The topological polar surface area (TPSA) is 114 Å². The Labute approximate surface area is 126 Å². The van der Waals surface area contributed by atoms with Crippen LogP contribution in [0.5, 0.6) is 11.5 Å². The largest absolute Gasteiger partial charge is 0.872 e. The van der Waals surface area contributed by atoms with Crippen LogP contribution in [0.2, 0.25) is 0 Å². The number of hydrogen-bond donors (Lipinski definition) is 0. The molecule has 0 aliphatic carbocycles. The van der Waals surface area contributed by atoms with E-state index in [1.165, 1.54) is 36.4 Å². The van der Waals surface area contributed by atoms with Crippen LogP contribution in [-0.2, 0) is 0 Å². The van der Waals surface area contributed by atoms with Gasteiger partial charge in [-0.3, -0.25) is 10.1 Å². The van der Waals surface area contributed by atoms with E-state index in [-0.39, 0.29) is 28.6 Å². The Morgan fingerprint density at radius 1 is 1.00 bits per heavy atom. The predicted octanol–water partition coefficient (Wildman–Crippen LogP) is 3.28. The van der Waals surface area contributed by atoms with Crippen molar-refractivity contribution >= 4 is 17.1 Å². The minimum Gasteiger partial charge on any atom is -0.872 e. The third-order valence-electron chi connectivity index (χ3n) is 3.05. The third-order valence-corrected chi connectivity index (χ3v) is 3.05. The number of azo groups is 1. The van der Waals surface area contributed by atoms with Gasteiger partial charge in [-0.05, 0) is 24.1 Å². The SMILES string of the molecule is CC(C)c1c([O-])ccc(N=Nc2ccc([N+](=O)[O-])cc2)c1[O-]. The van der Waals surface area contributed by atoms with Crippen LogP contribution in [0.15, 0.2) is 46.6 Å². The van der Waals surface area contributed by atoms with Gasteiger partial charge in [0.15, 0.2) is 0 Å². The molecule has 0 fully saturated rings. The molecule has 0 radical (unpaired) electrons. The fourth-order valence-electron chi connectivity index (χ4n) is 1.95. The lowest BCUT2D eigenvalue weighted by atomic mass is 10.00. The average Bonchev–Trinajstić information content (AvgIpc) is 2.46. The second-order valence-electron chi connectivity index (χ2n) is 4.95. The van der Waals surface area contributed by atoms with Crippen molar-refractivity contribution in [2.45, 2.75) is 19.8 Å². The van der Waals surface area contributed by atoms with Crippen LogP contribution in [0.3, 0.4) is 0 Å². The van der Waals surface area contributed by atoms with Crippen molar-refractivity contribution in [1.29, 1.82) is 0 Å². The molecule has 22 heavy (non-hydrogen) atoms. The minimum atomic E-state index is -0.515. The first kappa shape index (κ1) is 15.4. The van der Waals surface area contributed by atoms with Gasteiger partial charge in [0, 0.05) is 12.1 Å². The Balaban J connectivity index is 2.30. The van der Waals surface area contributed by atoms with E-state index in [9.17, 15) is 20.3 Å². The van der Waals surface area contributed by atoms with Crippen LogP contribution < -0.4 is 10.2 Å². The van der Waals surface area contributed by atoms with Crippen molar-refractivity contribution in [3.63, 3.8) is 0 Å². The maximum Gasteiger partial charge on any atom is 0.269 e. The van der Waals surface area contributed by atoms with Crippen LogP contribution in [0.4, 0.5) is 17.1 Å². The van der Waals surface area contributed by atoms with Gasteiger partial charge >= 0.3 is 0 Å². The molecule has 0 bridgehead atoms. The smallest absolute Gasteiger partial charge is 0.269 e. The van der Waals surface area contributed by atoms with Crippen molar-refractivity contribution in [2.24, 2.45) is 10.2 Å². The molecular formula is C15H13N3O4-2. The molecule has 2 aromatic rings. The second kappa shape index (κ2) is 6.21. The summed E-state index contributed by atoms with van der Waals surface area (Å²) in [5.41, 5.74) is 0.574. The number of nitro groups is 1. The molecule has 2 aromatic carbocycles. The maximum atomic E-state index is 12.2. The summed E-state index contributed by atoms with van der Waals surface area (Å²) in [5, 5.41) is 42.1. The van der Waals surface area contributed by atoms with Crippen LogP contribution in [0.25, 0.3) is 0 Å². The first-order valence-corrected chi connectivity index (χ1v) is 6.57. The van der Waals surface area contributed by atoms with E-state index >= 15 is 0 Å². The summed E-state index contributed by atoms with van der Waals surface area (Å²) in [6, 6.07) is 8.07. The quantitative estimate of drug-likeness (QED) is 0.489. The number of nitro benzene ring substituents is 1. The summed E-state index contributed by atoms with van der Waals surface area (Å²) in [6.45, 7) is 3.52. The first-order chi connectivity index (χ1) is 10.4. The highest BCUT2D eigenvalue weighted by Gasteiger charge is 2.06. The highest BCUT2D eigenvalue weighted by molar-refractivity contribution is 5.60.